The molecule has 8 nitrogen and oxygen atoms in total. The van der Waals surface area contributed by atoms with Crippen LogP contribution in [0, 0.1) is 13.8 Å². The molecular weight excluding hydrogens is 356 g/mol. The molecule has 0 bridgehead atoms. The lowest BCUT2D eigenvalue weighted by molar-refractivity contribution is 0.601. The van der Waals surface area contributed by atoms with Crippen LogP contribution >= 0.6 is 0 Å². The standard InChI is InChI=1S/C20H22N6O2/c1-13-12-14(2)26(22-13)19-21-17-16(23(19)3)18(27)25(20(28)24(17)4)11-10-15-8-6-5-7-9-15/h5-9,12H,10-11H2,1-4H3. The summed E-state index contributed by atoms with van der Waals surface area (Å²) in [6, 6.07) is 11.7. The number of imidazole rings is 1. The van der Waals surface area contributed by atoms with E-state index in [-0.39, 0.29) is 11.2 Å². The van der Waals surface area contributed by atoms with Gasteiger partial charge in [-0.25, -0.2) is 9.48 Å². The van der Waals surface area contributed by atoms with Crippen molar-refractivity contribution in [2.24, 2.45) is 14.1 Å². The molecule has 0 spiro atoms. The Morgan fingerprint density at radius 2 is 1.71 bits per heavy atom. The Morgan fingerprint density at radius 1 is 1.00 bits per heavy atom. The minimum atomic E-state index is -0.369. The van der Waals surface area contributed by atoms with Crippen molar-refractivity contribution in [3.8, 4) is 5.95 Å². The lowest BCUT2D eigenvalue weighted by Gasteiger charge is -2.08. The highest BCUT2D eigenvalue weighted by Crippen LogP contribution is 2.15. The molecule has 144 valence electrons. The monoisotopic (exact) mass is 378 g/mol. The van der Waals surface area contributed by atoms with Crippen molar-refractivity contribution < 1.29 is 0 Å². The molecule has 0 aliphatic heterocycles. The summed E-state index contributed by atoms with van der Waals surface area (Å²) in [5.41, 5.74) is 2.88. The van der Waals surface area contributed by atoms with Crippen LogP contribution in [0.15, 0.2) is 46.0 Å². The summed E-state index contributed by atoms with van der Waals surface area (Å²) in [4.78, 5) is 30.5. The van der Waals surface area contributed by atoms with Crippen LogP contribution in [0.1, 0.15) is 17.0 Å². The van der Waals surface area contributed by atoms with Crippen LogP contribution < -0.4 is 11.2 Å². The van der Waals surface area contributed by atoms with Gasteiger partial charge in [0.15, 0.2) is 11.2 Å². The maximum atomic E-state index is 13.1. The molecule has 0 aliphatic rings. The first-order chi connectivity index (χ1) is 13.4. The second kappa shape index (κ2) is 6.63. The molecular formula is C20H22N6O2. The molecule has 0 saturated heterocycles. The number of nitrogens with zero attached hydrogens (tertiary/aromatic N) is 6. The maximum Gasteiger partial charge on any atom is 0.332 e. The van der Waals surface area contributed by atoms with Gasteiger partial charge in [-0.05, 0) is 31.9 Å². The van der Waals surface area contributed by atoms with Crippen LogP contribution in [0.4, 0.5) is 0 Å². The van der Waals surface area contributed by atoms with E-state index in [0.717, 1.165) is 17.0 Å². The first-order valence-electron chi connectivity index (χ1n) is 9.12. The van der Waals surface area contributed by atoms with Crippen molar-refractivity contribution in [3.05, 3.63) is 74.2 Å². The third-order valence-corrected chi connectivity index (χ3v) is 5.00. The molecule has 0 atom stereocenters. The first kappa shape index (κ1) is 18.0. The van der Waals surface area contributed by atoms with Gasteiger partial charge in [0.1, 0.15) is 0 Å². The fourth-order valence-electron chi connectivity index (χ4n) is 3.54. The Kier molecular flexibility index (Phi) is 4.26. The van der Waals surface area contributed by atoms with Gasteiger partial charge in [-0.1, -0.05) is 30.3 Å². The number of rotatable bonds is 4. The molecule has 3 aromatic heterocycles. The minimum Gasteiger partial charge on any atom is -0.306 e. The van der Waals surface area contributed by atoms with Crippen molar-refractivity contribution in [1.82, 2.24) is 28.5 Å². The molecule has 0 unspecified atom stereocenters. The summed E-state index contributed by atoms with van der Waals surface area (Å²) < 4.78 is 6.10. The van der Waals surface area contributed by atoms with Crippen LogP contribution in [0.25, 0.3) is 17.1 Å². The van der Waals surface area contributed by atoms with Gasteiger partial charge >= 0.3 is 5.69 Å². The van der Waals surface area contributed by atoms with Crippen LogP contribution in [-0.4, -0.2) is 28.5 Å². The molecule has 1 aromatic carbocycles. The molecule has 0 radical (unpaired) electrons. The second-order valence-electron chi connectivity index (χ2n) is 7.02. The van der Waals surface area contributed by atoms with Crippen molar-refractivity contribution in [1.29, 1.82) is 0 Å². The van der Waals surface area contributed by atoms with E-state index in [1.54, 1.807) is 23.3 Å². The molecule has 0 amide bonds. The smallest absolute Gasteiger partial charge is 0.306 e. The maximum absolute atomic E-state index is 13.1. The molecule has 0 fully saturated rings. The number of hydrogen-bond acceptors (Lipinski definition) is 4. The SMILES string of the molecule is Cc1cc(C)n(-c2nc3c(c(=O)n(CCc4ccccc4)c(=O)n3C)n2C)n1. The molecule has 28 heavy (non-hydrogen) atoms. The summed E-state index contributed by atoms with van der Waals surface area (Å²) in [6.45, 7) is 4.14. The van der Waals surface area contributed by atoms with E-state index in [1.807, 2.05) is 50.2 Å². The Hall–Kier alpha value is -3.42. The quantitative estimate of drug-likeness (QED) is 0.539. The summed E-state index contributed by atoms with van der Waals surface area (Å²) in [7, 11) is 3.41. The fraction of sp³-hybridized carbons (Fsp3) is 0.300. The second-order valence-corrected chi connectivity index (χ2v) is 7.02. The van der Waals surface area contributed by atoms with E-state index < -0.39 is 0 Å². The predicted octanol–water partition coefficient (Wildman–Crippen LogP) is 1.48. The lowest BCUT2D eigenvalue weighted by Crippen LogP contribution is -2.40. The van der Waals surface area contributed by atoms with Gasteiger partial charge in [0.25, 0.3) is 5.56 Å². The topological polar surface area (TPSA) is 79.6 Å². The zero-order valence-corrected chi connectivity index (χ0v) is 16.4. The van der Waals surface area contributed by atoms with Gasteiger partial charge in [0.2, 0.25) is 5.95 Å². The molecule has 0 aliphatic carbocycles. The number of aromatic nitrogens is 6. The Bertz CT molecular complexity index is 1290. The van der Waals surface area contributed by atoms with E-state index in [4.69, 9.17) is 0 Å². The van der Waals surface area contributed by atoms with Crippen molar-refractivity contribution >= 4 is 11.2 Å². The Labute approximate surface area is 161 Å². The number of fused-ring (bicyclic) bond motifs is 1. The fourth-order valence-corrected chi connectivity index (χ4v) is 3.54. The first-order valence-corrected chi connectivity index (χ1v) is 9.12. The summed E-state index contributed by atoms with van der Waals surface area (Å²) in [6.07, 6.45) is 0.601. The highest BCUT2D eigenvalue weighted by molar-refractivity contribution is 5.72. The normalized spacial score (nSPS) is 11.4. The van der Waals surface area contributed by atoms with Gasteiger partial charge in [0.05, 0.1) is 5.69 Å². The summed E-state index contributed by atoms with van der Waals surface area (Å²) in [5.74, 6) is 0.508. The summed E-state index contributed by atoms with van der Waals surface area (Å²) >= 11 is 0. The van der Waals surface area contributed by atoms with Crippen LogP contribution in [0.5, 0.6) is 0 Å². The van der Waals surface area contributed by atoms with Crippen LogP contribution in [-0.2, 0) is 27.1 Å². The van der Waals surface area contributed by atoms with Gasteiger partial charge < -0.3 is 4.57 Å². The molecule has 0 N–H and O–H groups in total. The van der Waals surface area contributed by atoms with Gasteiger partial charge in [-0.2, -0.15) is 10.1 Å². The van der Waals surface area contributed by atoms with Gasteiger partial charge in [-0.3, -0.25) is 13.9 Å². The summed E-state index contributed by atoms with van der Waals surface area (Å²) in [5, 5.41) is 4.45. The van der Waals surface area contributed by atoms with Crippen LogP contribution in [0.2, 0.25) is 0 Å². The van der Waals surface area contributed by atoms with Crippen molar-refractivity contribution in [2.45, 2.75) is 26.8 Å². The molecule has 0 saturated carbocycles. The third-order valence-electron chi connectivity index (χ3n) is 5.00. The zero-order valence-electron chi connectivity index (χ0n) is 16.4. The third kappa shape index (κ3) is 2.77. The van der Waals surface area contributed by atoms with E-state index in [0.29, 0.717) is 30.1 Å². The highest BCUT2D eigenvalue weighted by Gasteiger charge is 2.20. The number of benzene rings is 1. The molecule has 3 heterocycles. The average Bonchev–Trinajstić information content (AvgIpc) is 3.19. The predicted molar refractivity (Wildman–Crippen MR) is 107 cm³/mol. The number of aryl methyl sites for hydroxylation is 5. The van der Waals surface area contributed by atoms with E-state index in [9.17, 15) is 9.59 Å². The largest absolute Gasteiger partial charge is 0.332 e. The zero-order chi connectivity index (χ0) is 20.0. The molecule has 4 rings (SSSR count). The van der Waals surface area contributed by atoms with E-state index >= 15 is 0 Å². The molecule has 8 heteroatoms. The lowest BCUT2D eigenvalue weighted by atomic mass is 10.1. The van der Waals surface area contributed by atoms with Gasteiger partial charge in [-0.15, -0.1) is 0 Å². The van der Waals surface area contributed by atoms with E-state index in [2.05, 4.69) is 10.1 Å². The van der Waals surface area contributed by atoms with Crippen molar-refractivity contribution in [3.63, 3.8) is 0 Å². The minimum absolute atomic E-state index is 0.311. The Balaban J connectivity index is 1.87. The van der Waals surface area contributed by atoms with E-state index in [1.165, 1.54) is 9.13 Å². The molecule has 4 aromatic rings. The van der Waals surface area contributed by atoms with Crippen LogP contribution in [0.3, 0.4) is 0 Å². The van der Waals surface area contributed by atoms with Crippen molar-refractivity contribution in [2.75, 3.05) is 0 Å². The number of hydrogen-bond donors (Lipinski definition) is 0. The average molecular weight is 378 g/mol. The Morgan fingerprint density at radius 3 is 2.36 bits per heavy atom. The van der Waals surface area contributed by atoms with Gasteiger partial charge in [0, 0.05) is 26.3 Å². The highest BCUT2D eigenvalue weighted by atomic mass is 16.2.